The number of carbonyl (C=O) groups is 1. The quantitative estimate of drug-likeness (QED) is 0.813. The second-order valence-corrected chi connectivity index (χ2v) is 5.21. The van der Waals surface area contributed by atoms with Gasteiger partial charge in [-0.15, -0.1) is 11.6 Å². The van der Waals surface area contributed by atoms with Crippen LogP contribution < -0.4 is 10.1 Å². The molecule has 1 amide bonds. The summed E-state index contributed by atoms with van der Waals surface area (Å²) in [5.41, 5.74) is 1.24. The van der Waals surface area contributed by atoms with Gasteiger partial charge in [-0.3, -0.25) is 4.79 Å². The molecule has 0 aliphatic rings. The average molecular weight is 324 g/mol. The van der Waals surface area contributed by atoms with Crippen LogP contribution in [-0.4, -0.2) is 12.5 Å². The van der Waals surface area contributed by atoms with Gasteiger partial charge in [0.15, 0.2) is 0 Å². The van der Waals surface area contributed by atoms with Gasteiger partial charge in [0.25, 0.3) is 0 Å². The third-order valence-corrected chi connectivity index (χ3v) is 3.51. The summed E-state index contributed by atoms with van der Waals surface area (Å²) in [6.45, 7) is 2.36. The zero-order chi connectivity index (χ0) is 15.2. The molecule has 110 valence electrons. The fourth-order valence-corrected chi connectivity index (χ4v) is 2.22. The summed E-state index contributed by atoms with van der Waals surface area (Å²) in [6, 6.07) is 14.2. The predicted molar refractivity (Wildman–Crippen MR) is 86.3 cm³/mol. The van der Waals surface area contributed by atoms with Crippen molar-refractivity contribution in [2.24, 2.45) is 0 Å². The lowest BCUT2D eigenvalue weighted by molar-refractivity contribution is -0.116. The number of hydrogen-bond acceptors (Lipinski definition) is 2. The summed E-state index contributed by atoms with van der Waals surface area (Å²) in [7, 11) is 0. The molecule has 0 radical (unpaired) electrons. The molecule has 2 rings (SSSR count). The van der Waals surface area contributed by atoms with Crippen LogP contribution >= 0.6 is 23.2 Å². The highest BCUT2D eigenvalue weighted by Gasteiger charge is 2.19. The third-order valence-electron chi connectivity index (χ3n) is 2.82. The fourth-order valence-electron chi connectivity index (χ4n) is 1.85. The zero-order valence-electron chi connectivity index (χ0n) is 11.5. The molecule has 0 aromatic heterocycles. The number of anilines is 1. The number of nitrogens with one attached hydrogen (secondary N) is 1. The molecule has 0 heterocycles. The van der Waals surface area contributed by atoms with Crippen LogP contribution in [0.15, 0.2) is 48.5 Å². The molecule has 1 unspecified atom stereocenters. The SMILES string of the molecule is CCOc1ccc(Cl)cc1NC(=O)C(Cl)c1ccccc1. The van der Waals surface area contributed by atoms with Gasteiger partial charge in [-0.05, 0) is 30.7 Å². The van der Waals surface area contributed by atoms with E-state index in [4.69, 9.17) is 27.9 Å². The normalized spacial score (nSPS) is 11.8. The van der Waals surface area contributed by atoms with E-state index in [-0.39, 0.29) is 5.91 Å². The number of ether oxygens (including phenoxy) is 1. The first-order valence-corrected chi connectivity index (χ1v) is 7.35. The molecule has 0 fully saturated rings. The van der Waals surface area contributed by atoms with Crippen molar-refractivity contribution in [3.8, 4) is 5.75 Å². The van der Waals surface area contributed by atoms with Gasteiger partial charge >= 0.3 is 0 Å². The molecule has 0 aliphatic carbocycles. The van der Waals surface area contributed by atoms with Crippen LogP contribution in [0, 0.1) is 0 Å². The number of benzene rings is 2. The Hall–Kier alpha value is -1.71. The molecule has 1 atom stereocenters. The Morgan fingerprint density at radius 3 is 2.62 bits per heavy atom. The van der Waals surface area contributed by atoms with Crippen molar-refractivity contribution in [2.45, 2.75) is 12.3 Å². The molecule has 2 aromatic carbocycles. The van der Waals surface area contributed by atoms with Crippen LogP contribution in [0.1, 0.15) is 17.9 Å². The molecule has 1 N–H and O–H groups in total. The minimum absolute atomic E-state index is 0.328. The second kappa shape index (κ2) is 7.34. The lowest BCUT2D eigenvalue weighted by Gasteiger charge is -2.14. The maximum Gasteiger partial charge on any atom is 0.247 e. The molecule has 2 aromatic rings. The summed E-state index contributed by atoms with van der Waals surface area (Å²) >= 11 is 12.1. The minimum atomic E-state index is -0.778. The average Bonchev–Trinajstić information content (AvgIpc) is 2.50. The first-order valence-electron chi connectivity index (χ1n) is 6.54. The first kappa shape index (κ1) is 15.7. The third kappa shape index (κ3) is 4.13. The van der Waals surface area contributed by atoms with Crippen molar-refractivity contribution in [1.29, 1.82) is 0 Å². The van der Waals surface area contributed by atoms with Gasteiger partial charge in [0.1, 0.15) is 11.1 Å². The number of rotatable bonds is 5. The van der Waals surface area contributed by atoms with Gasteiger partial charge in [0.2, 0.25) is 5.91 Å². The maximum absolute atomic E-state index is 12.2. The van der Waals surface area contributed by atoms with E-state index in [9.17, 15) is 4.79 Å². The highest BCUT2D eigenvalue weighted by Crippen LogP contribution is 2.30. The van der Waals surface area contributed by atoms with Crippen LogP contribution in [-0.2, 0) is 4.79 Å². The minimum Gasteiger partial charge on any atom is -0.492 e. The van der Waals surface area contributed by atoms with Gasteiger partial charge in [-0.2, -0.15) is 0 Å². The summed E-state index contributed by atoms with van der Waals surface area (Å²) in [4.78, 5) is 12.2. The van der Waals surface area contributed by atoms with E-state index in [1.165, 1.54) is 0 Å². The van der Waals surface area contributed by atoms with Gasteiger partial charge in [-0.1, -0.05) is 41.9 Å². The standard InChI is InChI=1S/C16H15Cl2NO2/c1-2-21-14-9-8-12(17)10-13(14)19-16(20)15(18)11-6-4-3-5-7-11/h3-10,15H,2H2,1H3,(H,19,20). The molecular formula is C16H15Cl2NO2. The summed E-state index contributed by atoms with van der Waals surface area (Å²) in [6.07, 6.45) is 0. The van der Waals surface area contributed by atoms with E-state index in [1.54, 1.807) is 30.3 Å². The van der Waals surface area contributed by atoms with Gasteiger partial charge in [-0.25, -0.2) is 0 Å². The molecule has 0 saturated carbocycles. The number of alkyl halides is 1. The Labute approximate surface area is 133 Å². The van der Waals surface area contributed by atoms with E-state index < -0.39 is 5.38 Å². The highest BCUT2D eigenvalue weighted by atomic mass is 35.5. The Morgan fingerprint density at radius 2 is 1.95 bits per heavy atom. The largest absolute Gasteiger partial charge is 0.492 e. The fraction of sp³-hybridized carbons (Fsp3) is 0.188. The molecule has 21 heavy (non-hydrogen) atoms. The molecular weight excluding hydrogens is 309 g/mol. The van der Waals surface area contributed by atoms with Crippen LogP contribution in [0.3, 0.4) is 0 Å². The van der Waals surface area contributed by atoms with Crippen molar-refractivity contribution in [3.63, 3.8) is 0 Å². The second-order valence-electron chi connectivity index (χ2n) is 4.34. The molecule has 0 bridgehead atoms. The van der Waals surface area contributed by atoms with Crippen LogP contribution in [0.4, 0.5) is 5.69 Å². The van der Waals surface area contributed by atoms with Crippen LogP contribution in [0.5, 0.6) is 5.75 Å². The lowest BCUT2D eigenvalue weighted by atomic mass is 10.1. The van der Waals surface area contributed by atoms with E-state index >= 15 is 0 Å². The van der Waals surface area contributed by atoms with Crippen molar-refractivity contribution in [3.05, 3.63) is 59.1 Å². The van der Waals surface area contributed by atoms with Crippen molar-refractivity contribution < 1.29 is 9.53 Å². The Kier molecular flexibility index (Phi) is 5.48. The Morgan fingerprint density at radius 1 is 1.24 bits per heavy atom. The van der Waals surface area contributed by atoms with E-state index in [0.29, 0.717) is 23.1 Å². The number of hydrogen-bond donors (Lipinski definition) is 1. The van der Waals surface area contributed by atoms with Crippen LogP contribution in [0.2, 0.25) is 5.02 Å². The zero-order valence-corrected chi connectivity index (χ0v) is 13.0. The topological polar surface area (TPSA) is 38.3 Å². The number of halogens is 2. The van der Waals surface area contributed by atoms with E-state index in [2.05, 4.69) is 5.32 Å². The Balaban J connectivity index is 2.17. The smallest absolute Gasteiger partial charge is 0.247 e. The lowest BCUT2D eigenvalue weighted by Crippen LogP contribution is -2.18. The summed E-state index contributed by atoms with van der Waals surface area (Å²) < 4.78 is 5.46. The molecule has 0 saturated heterocycles. The first-order chi connectivity index (χ1) is 10.1. The summed E-state index contributed by atoms with van der Waals surface area (Å²) in [5, 5.41) is 2.49. The molecule has 3 nitrogen and oxygen atoms in total. The molecule has 5 heteroatoms. The van der Waals surface area contributed by atoms with Gasteiger partial charge in [0, 0.05) is 5.02 Å². The summed E-state index contributed by atoms with van der Waals surface area (Å²) in [5.74, 6) is 0.235. The monoisotopic (exact) mass is 323 g/mol. The van der Waals surface area contributed by atoms with Gasteiger partial charge < -0.3 is 10.1 Å². The van der Waals surface area contributed by atoms with E-state index in [0.717, 1.165) is 5.56 Å². The molecule has 0 spiro atoms. The van der Waals surface area contributed by atoms with Crippen molar-refractivity contribution in [2.75, 3.05) is 11.9 Å². The van der Waals surface area contributed by atoms with Crippen molar-refractivity contribution in [1.82, 2.24) is 0 Å². The van der Waals surface area contributed by atoms with Gasteiger partial charge in [0.05, 0.1) is 12.3 Å². The predicted octanol–water partition coefficient (Wildman–Crippen LogP) is 4.66. The molecule has 0 aliphatic heterocycles. The van der Waals surface area contributed by atoms with Crippen molar-refractivity contribution >= 4 is 34.8 Å². The highest BCUT2D eigenvalue weighted by molar-refractivity contribution is 6.33. The van der Waals surface area contributed by atoms with E-state index in [1.807, 2.05) is 25.1 Å². The number of carbonyl (C=O) groups excluding carboxylic acids is 1. The van der Waals surface area contributed by atoms with Crippen LogP contribution in [0.25, 0.3) is 0 Å². The number of amides is 1. The Bertz CT molecular complexity index is 617. The maximum atomic E-state index is 12.2.